The van der Waals surface area contributed by atoms with Crippen molar-refractivity contribution >= 4 is 11.6 Å². The minimum atomic E-state index is 0.176. The summed E-state index contributed by atoms with van der Waals surface area (Å²) in [6.45, 7) is 5.53. The molecule has 16 heavy (non-hydrogen) atoms. The lowest BCUT2D eigenvalue weighted by molar-refractivity contribution is -0.913. The Kier molecular flexibility index (Phi) is 4.64. The van der Waals surface area contributed by atoms with Crippen LogP contribution in [0.15, 0.2) is 0 Å². The maximum Gasteiger partial charge on any atom is 0.169 e. The normalized spacial score (nSPS) is 40.7. The van der Waals surface area contributed by atoms with Gasteiger partial charge in [-0.15, -0.1) is 0 Å². The second-order valence-corrected chi connectivity index (χ2v) is 6.12. The Morgan fingerprint density at radius 1 is 1.44 bits per heavy atom. The van der Waals surface area contributed by atoms with Crippen LogP contribution in [0.3, 0.4) is 0 Å². The van der Waals surface area contributed by atoms with Gasteiger partial charge in [0.1, 0.15) is 6.67 Å². The molecule has 0 radical (unpaired) electrons. The van der Waals surface area contributed by atoms with Crippen molar-refractivity contribution in [1.29, 1.82) is 0 Å². The first-order chi connectivity index (χ1) is 7.35. The molecule has 1 N–H and O–H groups in total. The summed E-state index contributed by atoms with van der Waals surface area (Å²) in [6, 6.07) is 0.994. The molecular formula is C12H27ClN3+. The lowest BCUT2D eigenvalue weighted by atomic mass is 9.91. The molecule has 0 amide bonds. The van der Waals surface area contributed by atoms with Crippen molar-refractivity contribution < 1.29 is 4.48 Å². The van der Waals surface area contributed by atoms with Crippen LogP contribution in [-0.2, 0) is 0 Å². The van der Waals surface area contributed by atoms with Crippen LogP contribution < -0.4 is 5.32 Å². The largest absolute Gasteiger partial charge is 0.315 e. The fraction of sp³-hybridized carbons (Fsp3) is 1.00. The summed E-state index contributed by atoms with van der Waals surface area (Å²) in [5, 5.41) is 3.46. The number of rotatable bonds is 2. The van der Waals surface area contributed by atoms with Gasteiger partial charge in [0.15, 0.2) is 5.50 Å². The molecule has 4 atom stereocenters. The van der Waals surface area contributed by atoms with E-state index in [-0.39, 0.29) is 5.50 Å². The lowest BCUT2D eigenvalue weighted by Gasteiger charge is -2.37. The summed E-state index contributed by atoms with van der Waals surface area (Å²) >= 11 is 6.69. The van der Waals surface area contributed by atoms with E-state index >= 15 is 0 Å². The van der Waals surface area contributed by atoms with Gasteiger partial charge in [0, 0.05) is 18.0 Å². The van der Waals surface area contributed by atoms with Gasteiger partial charge < -0.3 is 9.80 Å². The smallest absolute Gasteiger partial charge is 0.169 e. The van der Waals surface area contributed by atoms with Crippen molar-refractivity contribution in [1.82, 2.24) is 10.2 Å². The van der Waals surface area contributed by atoms with E-state index in [9.17, 15) is 0 Å². The molecule has 0 saturated carbocycles. The zero-order valence-electron chi connectivity index (χ0n) is 11.5. The van der Waals surface area contributed by atoms with Crippen molar-refractivity contribution in [3.8, 4) is 0 Å². The molecule has 1 fully saturated rings. The molecular weight excluding hydrogens is 222 g/mol. The van der Waals surface area contributed by atoms with Crippen LogP contribution in [0.5, 0.6) is 0 Å². The molecule has 0 aliphatic carbocycles. The zero-order chi connectivity index (χ0) is 12.5. The first-order valence-corrected chi connectivity index (χ1v) is 6.63. The number of halogens is 1. The second-order valence-electron chi connectivity index (χ2n) is 5.68. The predicted octanol–water partition coefficient (Wildman–Crippen LogP) is 1.53. The average Bonchev–Trinajstić information content (AvgIpc) is 2.27. The van der Waals surface area contributed by atoms with Crippen LogP contribution in [0.25, 0.3) is 0 Å². The topological polar surface area (TPSA) is 15.3 Å². The van der Waals surface area contributed by atoms with Crippen LogP contribution >= 0.6 is 11.6 Å². The molecule has 1 aliphatic rings. The minimum absolute atomic E-state index is 0.176. The Labute approximate surface area is 105 Å². The third kappa shape index (κ3) is 2.53. The quantitative estimate of drug-likeness (QED) is 0.453. The molecule has 4 heteroatoms. The van der Waals surface area contributed by atoms with Crippen LogP contribution in [-0.4, -0.2) is 61.8 Å². The van der Waals surface area contributed by atoms with Gasteiger partial charge in [-0.25, -0.2) is 0 Å². The zero-order valence-corrected chi connectivity index (χ0v) is 12.3. The van der Waals surface area contributed by atoms with Crippen LogP contribution in [0.1, 0.15) is 20.3 Å². The molecule has 1 aliphatic heterocycles. The summed E-state index contributed by atoms with van der Waals surface area (Å²) < 4.78 is 0.860. The van der Waals surface area contributed by atoms with Gasteiger partial charge in [0.25, 0.3) is 0 Å². The molecule has 0 spiro atoms. The summed E-state index contributed by atoms with van der Waals surface area (Å²) in [5.74, 6) is 0.515. The predicted molar refractivity (Wildman–Crippen MR) is 70.5 cm³/mol. The first-order valence-electron chi connectivity index (χ1n) is 6.19. The highest BCUT2D eigenvalue weighted by molar-refractivity contribution is 6.19. The van der Waals surface area contributed by atoms with Crippen molar-refractivity contribution in [2.75, 3.05) is 34.9 Å². The fourth-order valence-corrected chi connectivity index (χ4v) is 3.40. The average molecular weight is 249 g/mol. The maximum atomic E-state index is 6.69. The highest BCUT2D eigenvalue weighted by atomic mass is 35.5. The van der Waals surface area contributed by atoms with Gasteiger partial charge >= 0.3 is 0 Å². The van der Waals surface area contributed by atoms with Crippen LogP contribution in [0.4, 0.5) is 0 Å². The molecule has 0 bridgehead atoms. The number of hydrogen-bond donors (Lipinski definition) is 1. The molecule has 1 heterocycles. The standard InChI is InChI=1S/C12H27ClN3/c1-7-10-11(14-3)9(2)15(4)8-16(5,6)12(10)13/h9-12,14H,7-8H2,1-6H3/q+1. The molecule has 96 valence electrons. The van der Waals surface area contributed by atoms with Gasteiger partial charge in [-0.3, -0.25) is 4.90 Å². The van der Waals surface area contributed by atoms with Crippen LogP contribution in [0, 0.1) is 5.92 Å². The van der Waals surface area contributed by atoms with E-state index in [4.69, 9.17) is 11.6 Å². The molecule has 4 unspecified atom stereocenters. The number of likely N-dealkylation sites (N-methyl/N-ethyl adjacent to an activating group) is 2. The molecule has 1 saturated heterocycles. The Hall–Kier alpha value is 0.170. The Bertz CT molecular complexity index is 232. The van der Waals surface area contributed by atoms with Crippen molar-refractivity contribution in [2.24, 2.45) is 5.92 Å². The number of nitrogens with zero attached hydrogens (tertiary/aromatic N) is 2. The summed E-state index contributed by atoms with van der Waals surface area (Å²) in [7, 11) is 8.69. The van der Waals surface area contributed by atoms with E-state index < -0.39 is 0 Å². The van der Waals surface area contributed by atoms with E-state index in [0.29, 0.717) is 18.0 Å². The van der Waals surface area contributed by atoms with Gasteiger partial charge in [-0.05, 0) is 27.4 Å². The number of alkyl halides is 1. The third-order valence-electron chi connectivity index (χ3n) is 4.09. The van der Waals surface area contributed by atoms with E-state index in [1.165, 1.54) is 0 Å². The molecule has 0 aromatic heterocycles. The SMILES string of the molecule is CCC1C(NC)C(C)N(C)C[N+](C)(C)C1Cl. The van der Waals surface area contributed by atoms with Crippen LogP contribution in [0.2, 0.25) is 0 Å². The molecule has 0 aromatic carbocycles. The first kappa shape index (κ1) is 14.2. The summed E-state index contributed by atoms with van der Waals surface area (Å²) in [5.41, 5.74) is 0.176. The van der Waals surface area contributed by atoms with Crippen molar-refractivity contribution in [2.45, 2.75) is 37.9 Å². The fourth-order valence-electron chi connectivity index (χ4n) is 3.01. The highest BCUT2D eigenvalue weighted by Gasteiger charge is 2.44. The van der Waals surface area contributed by atoms with Gasteiger partial charge in [-0.1, -0.05) is 18.5 Å². The molecule has 1 rings (SSSR count). The molecule has 0 aromatic rings. The highest BCUT2D eigenvalue weighted by Crippen LogP contribution is 2.31. The Morgan fingerprint density at radius 2 is 2.00 bits per heavy atom. The van der Waals surface area contributed by atoms with Gasteiger partial charge in [-0.2, -0.15) is 0 Å². The second kappa shape index (κ2) is 5.21. The van der Waals surface area contributed by atoms with Crippen molar-refractivity contribution in [3.63, 3.8) is 0 Å². The van der Waals surface area contributed by atoms with E-state index in [2.05, 4.69) is 45.2 Å². The van der Waals surface area contributed by atoms with E-state index in [1.54, 1.807) is 0 Å². The van der Waals surface area contributed by atoms with E-state index in [1.807, 2.05) is 7.05 Å². The van der Waals surface area contributed by atoms with Gasteiger partial charge in [0.2, 0.25) is 0 Å². The lowest BCUT2D eigenvalue weighted by Crippen LogP contribution is -2.52. The molecule has 3 nitrogen and oxygen atoms in total. The summed E-state index contributed by atoms with van der Waals surface area (Å²) in [4.78, 5) is 2.41. The number of nitrogens with one attached hydrogen (secondary N) is 1. The Balaban J connectivity index is 3.03. The number of quaternary nitrogens is 1. The monoisotopic (exact) mass is 248 g/mol. The number of hydrogen-bond acceptors (Lipinski definition) is 2. The van der Waals surface area contributed by atoms with Gasteiger partial charge in [0.05, 0.1) is 14.1 Å². The third-order valence-corrected chi connectivity index (χ3v) is 4.94. The van der Waals surface area contributed by atoms with E-state index in [0.717, 1.165) is 17.6 Å². The summed E-state index contributed by atoms with van der Waals surface area (Å²) in [6.07, 6.45) is 1.12. The minimum Gasteiger partial charge on any atom is -0.315 e. The Morgan fingerprint density at radius 3 is 2.44 bits per heavy atom. The van der Waals surface area contributed by atoms with Crippen molar-refractivity contribution in [3.05, 3.63) is 0 Å². The maximum absolute atomic E-state index is 6.69.